The van der Waals surface area contributed by atoms with Crippen LogP contribution in [-0.4, -0.2) is 37.7 Å². The zero-order chi connectivity index (χ0) is 15.5. The molecule has 1 aromatic rings. The Morgan fingerprint density at radius 1 is 1.14 bits per heavy atom. The van der Waals surface area contributed by atoms with Crippen molar-refractivity contribution in [3.8, 4) is 5.75 Å². The summed E-state index contributed by atoms with van der Waals surface area (Å²) < 4.78 is 5.92. The molecule has 0 aromatic heterocycles. The largest absolute Gasteiger partial charge is 0.493 e. The summed E-state index contributed by atoms with van der Waals surface area (Å²) >= 11 is 0. The normalized spacial score (nSPS) is 11.3. The van der Waals surface area contributed by atoms with Crippen molar-refractivity contribution in [3.63, 3.8) is 0 Å². The maximum absolute atomic E-state index is 5.92. The Morgan fingerprint density at radius 2 is 1.86 bits per heavy atom. The van der Waals surface area contributed by atoms with Gasteiger partial charge < -0.3 is 15.0 Å². The number of nitrogens with zero attached hydrogens (tertiary/aromatic N) is 1. The van der Waals surface area contributed by atoms with Crippen LogP contribution in [0, 0.1) is 5.92 Å². The lowest BCUT2D eigenvalue weighted by Crippen LogP contribution is -2.31. The molecule has 0 aliphatic carbocycles. The van der Waals surface area contributed by atoms with E-state index in [0.29, 0.717) is 5.92 Å². The highest BCUT2D eigenvalue weighted by atomic mass is 16.5. The minimum Gasteiger partial charge on any atom is -0.493 e. The molecule has 0 unspecified atom stereocenters. The monoisotopic (exact) mass is 292 g/mol. The number of ether oxygens (including phenoxy) is 1. The number of nitrogens with one attached hydrogen (secondary N) is 1. The van der Waals surface area contributed by atoms with Gasteiger partial charge in [0.2, 0.25) is 0 Å². The van der Waals surface area contributed by atoms with Gasteiger partial charge in [-0.1, -0.05) is 45.9 Å². The van der Waals surface area contributed by atoms with E-state index in [0.717, 1.165) is 51.5 Å². The topological polar surface area (TPSA) is 24.5 Å². The minimum atomic E-state index is 0.685. The average molecular weight is 292 g/mol. The Balaban J connectivity index is 2.36. The van der Waals surface area contributed by atoms with E-state index in [1.807, 2.05) is 6.07 Å². The average Bonchev–Trinajstić information content (AvgIpc) is 2.48. The van der Waals surface area contributed by atoms with E-state index >= 15 is 0 Å². The second-order valence-electron chi connectivity index (χ2n) is 5.84. The number of likely N-dealkylation sites (N-methyl/N-ethyl adjacent to an activating group) is 1. The van der Waals surface area contributed by atoms with Crippen LogP contribution in [0.3, 0.4) is 0 Å². The Labute approximate surface area is 130 Å². The molecule has 3 nitrogen and oxygen atoms in total. The lowest BCUT2D eigenvalue weighted by Gasteiger charge is -2.18. The third kappa shape index (κ3) is 7.49. The third-order valence-corrected chi connectivity index (χ3v) is 3.74. The van der Waals surface area contributed by atoms with Crippen LogP contribution in [0.5, 0.6) is 5.75 Å². The molecule has 0 saturated carbocycles. The van der Waals surface area contributed by atoms with E-state index < -0.39 is 0 Å². The van der Waals surface area contributed by atoms with E-state index in [1.54, 1.807) is 0 Å². The van der Waals surface area contributed by atoms with Crippen molar-refractivity contribution in [1.82, 2.24) is 10.2 Å². The van der Waals surface area contributed by atoms with Crippen molar-refractivity contribution in [3.05, 3.63) is 29.8 Å². The van der Waals surface area contributed by atoms with Crippen molar-refractivity contribution >= 4 is 0 Å². The third-order valence-electron chi connectivity index (χ3n) is 3.74. The first-order chi connectivity index (χ1) is 10.2. The Hall–Kier alpha value is -1.06. The number of rotatable bonds is 11. The second-order valence-corrected chi connectivity index (χ2v) is 5.84. The highest BCUT2D eigenvalue weighted by Crippen LogP contribution is 2.18. The van der Waals surface area contributed by atoms with Crippen LogP contribution in [0.2, 0.25) is 0 Å². The summed E-state index contributed by atoms with van der Waals surface area (Å²) in [6.07, 6.45) is 1.10. The predicted octanol–water partition coefficient (Wildman–Crippen LogP) is 3.54. The molecule has 21 heavy (non-hydrogen) atoms. The van der Waals surface area contributed by atoms with Crippen LogP contribution in [0.15, 0.2) is 24.3 Å². The standard InChI is InChI=1S/C18H32N2O/c1-5-20(6-2)13-12-19-15-17-9-7-8-10-18(17)21-14-11-16(3)4/h7-10,16,19H,5-6,11-15H2,1-4H3. The first kappa shape index (κ1) is 18.0. The Kier molecular flexibility index (Phi) is 9.11. The van der Waals surface area contributed by atoms with E-state index in [1.165, 1.54) is 5.56 Å². The SMILES string of the molecule is CCN(CC)CCNCc1ccccc1OCCC(C)C. The fourth-order valence-electron chi connectivity index (χ4n) is 2.20. The first-order valence-electron chi connectivity index (χ1n) is 8.31. The van der Waals surface area contributed by atoms with Gasteiger partial charge in [-0.2, -0.15) is 0 Å². The fourth-order valence-corrected chi connectivity index (χ4v) is 2.20. The summed E-state index contributed by atoms with van der Waals surface area (Å²) in [6, 6.07) is 8.34. The molecule has 3 heteroatoms. The Bertz CT molecular complexity index is 375. The van der Waals surface area contributed by atoms with Crippen molar-refractivity contribution in [2.24, 2.45) is 5.92 Å². The summed E-state index contributed by atoms with van der Waals surface area (Å²) in [7, 11) is 0. The number of hydrogen-bond donors (Lipinski definition) is 1. The van der Waals surface area contributed by atoms with Crippen LogP contribution in [-0.2, 0) is 6.54 Å². The lowest BCUT2D eigenvalue weighted by molar-refractivity contribution is 0.284. The van der Waals surface area contributed by atoms with E-state index in [2.05, 4.69) is 56.1 Å². The van der Waals surface area contributed by atoms with E-state index in [-0.39, 0.29) is 0 Å². The molecule has 0 atom stereocenters. The maximum atomic E-state index is 5.92. The summed E-state index contributed by atoms with van der Waals surface area (Å²) in [5.41, 5.74) is 1.25. The van der Waals surface area contributed by atoms with Gasteiger partial charge in [0.05, 0.1) is 6.61 Å². The van der Waals surface area contributed by atoms with Gasteiger partial charge in [0.1, 0.15) is 5.75 Å². The van der Waals surface area contributed by atoms with Crippen molar-refractivity contribution in [2.75, 3.05) is 32.8 Å². The van der Waals surface area contributed by atoms with Gasteiger partial charge in [0, 0.05) is 25.2 Å². The second kappa shape index (κ2) is 10.6. The van der Waals surface area contributed by atoms with Gasteiger partial charge >= 0.3 is 0 Å². The van der Waals surface area contributed by atoms with E-state index in [9.17, 15) is 0 Å². The van der Waals surface area contributed by atoms with Crippen LogP contribution in [0.25, 0.3) is 0 Å². The molecule has 0 bridgehead atoms. The zero-order valence-corrected chi connectivity index (χ0v) is 14.2. The number of benzene rings is 1. The molecular weight excluding hydrogens is 260 g/mol. The first-order valence-corrected chi connectivity index (χ1v) is 8.31. The molecule has 1 rings (SSSR count). The molecule has 0 aliphatic heterocycles. The molecule has 0 fully saturated rings. The number of hydrogen-bond acceptors (Lipinski definition) is 3. The fraction of sp³-hybridized carbons (Fsp3) is 0.667. The van der Waals surface area contributed by atoms with Crippen LogP contribution in [0.4, 0.5) is 0 Å². The van der Waals surface area contributed by atoms with Crippen molar-refractivity contribution < 1.29 is 4.74 Å². The summed E-state index contributed by atoms with van der Waals surface area (Å²) in [5.74, 6) is 1.71. The lowest BCUT2D eigenvalue weighted by atomic mass is 10.1. The van der Waals surface area contributed by atoms with Crippen LogP contribution in [0.1, 0.15) is 39.7 Å². The van der Waals surface area contributed by atoms with Crippen LogP contribution < -0.4 is 10.1 Å². The van der Waals surface area contributed by atoms with Gasteiger partial charge in [-0.05, 0) is 31.5 Å². The molecule has 1 N–H and O–H groups in total. The van der Waals surface area contributed by atoms with Gasteiger partial charge in [0.25, 0.3) is 0 Å². The molecule has 0 amide bonds. The molecular formula is C18H32N2O. The smallest absolute Gasteiger partial charge is 0.123 e. The quantitative estimate of drug-likeness (QED) is 0.631. The van der Waals surface area contributed by atoms with Crippen LogP contribution >= 0.6 is 0 Å². The number of para-hydroxylation sites is 1. The summed E-state index contributed by atoms with van der Waals surface area (Å²) in [6.45, 7) is 14.9. The molecule has 0 radical (unpaired) electrons. The van der Waals surface area contributed by atoms with Crippen molar-refractivity contribution in [1.29, 1.82) is 0 Å². The summed E-state index contributed by atoms with van der Waals surface area (Å²) in [5, 5.41) is 3.52. The van der Waals surface area contributed by atoms with Gasteiger partial charge in [0.15, 0.2) is 0 Å². The molecule has 0 aliphatic rings. The molecule has 0 heterocycles. The maximum Gasteiger partial charge on any atom is 0.123 e. The molecule has 1 aromatic carbocycles. The summed E-state index contributed by atoms with van der Waals surface area (Å²) in [4.78, 5) is 2.43. The van der Waals surface area contributed by atoms with Gasteiger partial charge in [-0.25, -0.2) is 0 Å². The predicted molar refractivity (Wildman–Crippen MR) is 90.9 cm³/mol. The van der Waals surface area contributed by atoms with Gasteiger partial charge in [-0.15, -0.1) is 0 Å². The highest BCUT2D eigenvalue weighted by Gasteiger charge is 2.04. The molecule has 120 valence electrons. The zero-order valence-electron chi connectivity index (χ0n) is 14.2. The van der Waals surface area contributed by atoms with Gasteiger partial charge in [-0.3, -0.25) is 0 Å². The van der Waals surface area contributed by atoms with E-state index in [4.69, 9.17) is 4.74 Å². The molecule has 0 spiro atoms. The minimum absolute atomic E-state index is 0.685. The van der Waals surface area contributed by atoms with Crippen molar-refractivity contribution in [2.45, 2.75) is 40.7 Å². The highest BCUT2D eigenvalue weighted by molar-refractivity contribution is 5.33. The Morgan fingerprint density at radius 3 is 2.52 bits per heavy atom. The molecule has 0 saturated heterocycles.